The van der Waals surface area contributed by atoms with Gasteiger partial charge in [0.1, 0.15) is 17.6 Å². The molecule has 0 aliphatic heterocycles. The number of benzene rings is 1. The first kappa shape index (κ1) is 26.5. The molecule has 0 saturated carbocycles. The second-order valence-corrected chi connectivity index (χ2v) is 8.78. The van der Waals surface area contributed by atoms with Crippen molar-refractivity contribution >= 4 is 34.4 Å². The van der Waals surface area contributed by atoms with Crippen LogP contribution in [0.2, 0.25) is 5.02 Å². The van der Waals surface area contributed by atoms with Crippen LogP contribution in [0.15, 0.2) is 48.9 Å². The average molecular weight is 526 g/mol. The summed E-state index contributed by atoms with van der Waals surface area (Å²) in [6.07, 6.45) is 4.95. The molecule has 0 radical (unpaired) electrons. The molecule has 1 aromatic carbocycles. The summed E-state index contributed by atoms with van der Waals surface area (Å²) < 4.78 is 19.0. The first-order chi connectivity index (χ1) is 18.0. The van der Waals surface area contributed by atoms with Crippen molar-refractivity contribution in [3.63, 3.8) is 0 Å². The second kappa shape index (κ2) is 12.1. The molecule has 0 spiro atoms. The van der Waals surface area contributed by atoms with E-state index in [2.05, 4.69) is 39.1 Å². The Bertz CT molecular complexity index is 1340. The molecule has 3 N–H and O–H groups in total. The van der Waals surface area contributed by atoms with Gasteiger partial charge < -0.3 is 30.2 Å². The minimum absolute atomic E-state index is 0.191. The molecule has 1 atom stereocenters. The lowest BCUT2D eigenvalue weighted by Crippen LogP contribution is -2.38. The number of rotatable bonds is 12. The molecule has 196 valence electrons. The van der Waals surface area contributed by atoms with E-state index in [9.17, 15) is 0 Å². The summed E-state index contributed by atoms with van der Waals surface area (Å²) >= 11 is 6.46. The van der Waals surface area contributed by atoms with E-state index in [1.54, 1.807) is 43.3 Å². The van der Waals surface area contributed by atoms with Crippen molar-refractivity contribution in [1.82, 2.24) is 24.5 Å². The van der Waals surface area contributed by atoms with E-state index in [1.807, 2.05) is 24.4 Å². The van der Waals surface area contributed by atoms with Gasteiger partial charge in [0.05, 0.1) is 53.7 Å². The Morgan fingerprint density at radius 3 is 2.68 bits per heavy atom. The topological polar surface area (TPSA) is 112 Å². The molecule has 11 heteroatoms. The largest absolute Gasteiger partial charge is 0.494 e. The number of fused-ring (bicyclic) bond motifs is 1. The molecular weight excluding hydrogens is 494 g/mol. The Morgan fingerprint density at radius 2 is 1.95 bits per heavy atom. The van der Waals surface area contributed by atoms with Crippen molar-refractivity contribution in [1.29, 1.82) is 0 Å². The van der Waals surface area contributed by atoms with Gasteiger partial charge in [0.25, 0.3) is 0 Å². The van der Waals surface area contributed by atoms with Gasteiger partial charge >= 0.3 is 0 Å². The normalized spacial score (nSPS) is 12.2. The number of methoxy groups -OCH3 is 2. The number of nitrogen functional groups attached to an aromatic ring is 1. The van der Waals surface area contributed by atoms with Gasteiger partial charge in [-0.1, -0.05) is 31.5 Å². The van der Waals surface area contributed by atoms with Crippen molar-refractivity contribution in [3.8, 4) is 22.8 Å². The molecule has 0 aliphatic carbocycles. The van der Waals surface area contributed by atoms with Crippen LogP contribution in [0.5, 0.6) is 11.5 Å². The molecule has 0 fully saturated rings. The molecule has 4 aromatic rings. The van der Waals surface area contributed by atoms with Crippen molar-refractivity contribution in [2.24, 2.45) is 0 Å². The monoisotopic (exact) mass is 525 g/mol. The van der Waals surface area contributed by atoms with Crippen LogP contribution in [-0.2, 0) is 4.74 Å². The highest BCUT2D eigenvalue weighted by atomic mass is 35.5. The van der Waals surface area contributed by atoms with E-state index >= 15 is 0 Å². The van der Waals surface area contributed by atoms with E-state index in [-0.39, 0.29) is 6.10 Å². The summed E-state index contributed by atoms with van der Waals surface area (Å²) in [5.41, 5.74) is 9.66. The van der Waals surface area contributed by atoms with E-state index in [0.29, 0.717) is 52.7 Å². The third kappa shape index (κ3) is 6.04. The summed E-state index contributed by atoms with van der Waals surface area (Å²) in [4.78, 5) is 11.3. The SMILES string of the molecule is CCN(CC)CC(COC)Oc1cc(OC)c(Nc2ncc(Cl)c(-c3cnn4ccccc34)n2)cc1N. The quantitative estimate of drug-likeness (QED) is 0.258. The van der Waals surface area contributed by atoms with Gasteiger partial charge in [-0.05, 0) is 31.3 Å². The Hall–Kier alpha value is -3.60. The minimum Gasteiger partial charge on any atom is -0.494 e. The number of hydrogen-bond donors (Lipinski definition) is 2. The zero-order valence-corrected chi connectivity index (χ0v) is 22.2. The highest BCUT2D eigenvalue weighted by molar-refractivity contribution is 6.33. The van der Waals surface area contributed by atoms with Crippen LogP contribution in [0, 0.1) is 0 Å². The Kier molecular flexibility index (Phi) is 8.65. The molecule has 0 bridgehead atoms. The maximum atomic E-state index is 6.46. The van der Waals surface area contributed by atoms with E-state index < -0.39 is 0 Å². The Morgan fingerprint density at radius 1 is 1.14 bits per heavy atom. The van der Waals surface area contributed by atoms with E-state index in [0.717, 1.165) is 24.2 Å². The molecule has 0 aliphatic rings. The predicted molar refractivity (Wildman–Crippen MR) is 146 cm³/mol. The maximum Gasteiger partial charge on any atom is 0.227 e. The number of aromatic nitrogens is 4. The maximum absolute atomic E-state index is 6.46. The summed E-state index contributed by atoms with van der Waals surface area (Å²) in [7, 11) is 3.24. The molecule has 0 saturated heterocycles. The number of pyridine rings is 1. The van der Waals surface area contributed by atoms with Gasteiger partial charge in [0.15, 0.2) is 0 Å². The van der Waals surface area contributed by atoms with Crippen LogP contribution in [0.25, 0.3) is 16.8 Å². The van der Waals surface area contributed by atoms with Gasteiger partial charge in [0, 0.05) is 31.5 Å². The van der Waals surface area contributed by atoms with Crippen LogP contribution in [-0.4, -0.2) is 71.0 Å². The molecular formula is C26H32ClN7O3. The fraction of sp³-hybridized carbons (Fsp3) is 0.346. The molecule has 10 nitrogen and oxygen atoms in total. The standard InChI is InChI=1S/C26H32ClN7O3/c1-5-33(6-2)15-17(16-35-3)37-23-12-24(36-4)21(11-20(23)28)31-26-29-14-19(27)25(32-26)18-13-30-34-10-8-7-9-22(18)34/h7-14,17H,5-6,15-16,28H2,1-4H3,(H,29,31,32). The number of halogens is 1. The number of nitrogens with one attached hydrogen (secondary N) is 1. The van der Waals surface area contributed by atoms with E-state index in [4.69, 9.17) is 31.5 Å². The summed E-state index contributed by atoms with van der Waals surface area (Å²) in [6.45, 7) is 7.22. The summed E-state index contributed by atoms with van der Waals surface area (Å²) in [5, 5.41) is 7.99. The first-order valence-electron chi connectivity index (χ1n) is 12.0. The van der Waals surface area contributed by atoms with Crippen LogP contribution in [0.1, 0.15) is 13.8 Å². The number of ether oxygens (including phenoxy) is 3. The van der Waals surface area contributed by atoms with Crippen LogP contribution >= 0.6 is 11.6 Å². The zero-order valence-electron chi connectivity index (χ0n) is 21.4. The Balaban J connectivity index is 1.60. The number of likely N-dealkylation sites (N-methyl/N-ethyl adjacent to an activating group) is 1. The molecule has 1 unspecified atom stereocenters. The summed E-state index contributed by atoms with van der Waals surface area (Å²) in [5.74, 6) is 1.37. The van der Waals surface area contributed by atoms with Crippen LogP contribution in [0.4, 0.5) is 17.3 Å². The van der Waals surface area contributed by atoms with Gasteiger partial charge in [-0.15, -0.1) is 0 Å². The first-order valence-corrected chi connectivity index (χ1v) is 12.4. The fourth-order valence-electron chi connectivity index (χ4n) is 4.06. The highest BCUT2D eigenvalue weighted by Crippen LogP contribution is 2.37. The lowest BCUT2D eigenvalue weighted by Gasteiger charge is -2.26. The average Bonchev–Trinajstić information content (AvgIpc) is 3.33. The summed E-state index contributed by atoms with van der Waals surface area (Å²) in [6, 6.07) is 9.29. The third-order valence-corrected chi connectivity index (χ3v) is 6.28. The predicted octanol–water partition coefficient (Wildman–Crippen LogP) is 4.51. The van der Waals surface area contributed by atoms with Crippen molar-refractivity contribution < 1.29 is 14.2 Å². The van der Waals surface area contributed by atoms with Crippen LogP contribution < -0.4 is 20.5 Å². The van der Waals surface area contributed by atoms with Gasteiger partial charge in [-0.25, -0.2) is 14.5 Å². The number of nitrogens with two attached hydrogens (primary N) is 1. The van der Waals surface area contributed by atoms with E-state index in [1.165, 1.54) is 0 Å². The number of hydrogen-bond acceptors (Lipinski definition) is 9. The molecule has 37 heavy (non-hydrogen) atoms. The lowest BCUT2D eigenvalue weighted by molar-refractivity contribution is 0.0561. The number of anilines is 3. The second-order valence-electron chi connectivity index (χ2n) is 8.38. The minimum atomic E-state index is -0.191. The smallest absolute Gasteiger partial charge is 0.227 e. The lowest BCUT2D eigenvalue weighted by atomic mass is 10.2. The molecule has 3 aromatic heterocycles. The third-order valence-electron chi connectivity index (χ3n) is 6.01. The van der Waals surface area contributed by atoms with Gasteiger partial charge in [-0.2, -0.15) is 5.10 Å². The Labute approximate surface area is 221 Å². The molecule has 0 amide bonds. The highest BCUT2D eigenvalue weighted by Gasteiger charge is 2.19. The fourth-order valence-corrected chi connectivity index (χ4v) is 4.25. The zero-order chi connectivity index (χ0) is 26.4. The van der Waals surface area contributed by atoms with Gasteiger partial charge in [0.2, 0.25) is 5.95 Å². The van der Waals surface area contributed by atoms with Crippen molar-refractivity contribution in [3.05, 3.63) is 53.9 Å². The molecule has 3 heterocycles. The van der Waals surface area contributed by atoms with Gasteiger partial charge in [-0.3, -0.25) is 0 Å². The van der Waals surface area contributed by atoms with Crippen molar-refractivity contribution in [2.45, 2.75) is 20.0 Å². The van der Waals surface area contributed by atoms with Crippen LogP contribution in [0.3, 0.4) is 0 Å². The number of nitrogens with zero attached hydrogens (tertiary/aromatic N) is 5. The van der Waals surface area contributed by atoms with Crippen molar-refractivity contribution in [2.75, 3.05) is 51.5 Å². The molecule has 4 rings (SSSR count).